The fraction of sp³-hybridized carbons (Fsp3) is 0.471. The van der Waals surface area contributed by atoms with Gasteiger partial charge in [0.05, 0.1) is 22.8 Å². The standard InChI is InChI=1S/C17H17ClFN3O2/c1-11-13(5-4-12(10-20)14(11)18)22-15(23)17(6-2-3-7-17)21(9-8-19)16(22)24/h4-5H,2-3,6-9H2,1H3. The van der Waals surface area contributed by atoms with Crippen molar-refractivity contribution in [3.63, 3.8) is 0 Å². The van der Waals surface area contributed by atoms with Crippen molar-refractivity contribution in [2.24, 2.45) is 0 Å². The molecule has 1 aromatic rings. The number of halogens is 2. The number of amides is 3. The van der Waals surface area contributed by atoms with E-state index in [9.17, 15) is 14.0 Å². The van der Waals surface area contributed by atoms with Crippen molar-refractivity contribution in [2.75, 3.05) is 18.1 Å². The van der Waals surface area contributed by atoms with Crippen LogP contribution in [0.2, 0.25) is 5.02 Å². The average molecular weight is 350 g/mol. The van der Waals surface area contributed by atoms with Gasteiger partial charge in [-0.2, -0.15) is 5.26 Å². The SMILES string of the molecule is Cc1c(N2C(=O)N(CCF)C3(CCCC3)C2=O)ccc(C#N)c1Cl. The Labute approximate surface area is 144 Å². The quantitative estimate of drug-likeness (QED) is 0.783. The second-order valence-electron chi connectivity index (χ2n) is 6.19. The third-order valence-electron chi connectivity index (χ3n) is 5.00. The number of carbonyl (C=O) groups excluding carboxylic acids is 2. The molecule has 1 aromatic carbocycles. The number of alkyl halides is 1. The van der Waals surface area contributed by atoms with Gasteiger partial charge in [-0.15, -0.1) is 0 Å². The van der Waals surface area contributed by atoms with Crippen molar-refractivity contribution in [1.29, 1.82) is 5.26 Å². The molecule has 7 heteroatoms. The lowest BCUT2D eigenvalue weighted by Gasteiger charge is -2.30. The Morgan fingerprint density at radius 3 is 2.58 bits per heavy atom. The predicted molar refractivity (Wildman–Crippen MR) is 87.7 cm³/mol. The van der Waals surface area contributed by atoms with Crippen molar-refractivity contribution in [1.82, 2.24) is 4.90 Å². The van der Waals surface area contributed by atoms with Crippen LogP contribution in [0.5, 0.6) is 0 Å². The summed E-state index contributed by atoms with van der Waals surface area (Å²) in [6.45, 7) is 0.879. The third-order valence-corrected chi connectivity index (χ3v) is 5.49. The Kier molecular flexibility index (Phi) is 4.22. The fourth-order valence-electron chi connectivity index (χ4n) is 3.77. The van der Waals surface area contributed by atoms with Crippen LogP contribution in [0, 0.1) is 18.3 Å². The molecule has 0 N–H and O–H groups in total. The first-order valence-corrected chi connectivity index (χ1v) is 8.27. The number of anilines is 1. The van der Waals surface area contributed by atoms with Crippen LogP contribution in [0.1, 0.15) is 36.8 Å². The molecule has 1 saturated carbocycles. The molecule has 126 valence electrons. The van der Waals surface area contributed by atoms with E-state index in [0.717, 1.165) is 17.7 Å². The van der Waals surface area contributed by atoms with E-state index in [-0.39, 0.29) is 23.0 Å². The first kappa shape index (κ1) is 16.7. The third kappa shape index (κ3) is 2.19. The van der Waals surface area contributed by atoms with Gasteiger partial charge in [-0.25, -0.2) is 14.1 Å². The summed E-state index contributed by atoms with van der Waals surface area (Å²) in [5.74, 6) is -0.317. The zero-order chi connectivity index (χ0) is 17.5. The van der Waals surface area contributed by atoms with Crippen molar-refractivity contribution in [3.05, 3.63) is 28.3 Å². The number of imide groups is 1. The molecular formula is C17H17ClFN3O2. The molecular weight excluding hydrogens is 333 g/mol. The number of hydrogen-bond donors (Lipinski definition) is 0. The lowest BCUT2D eigenvalue weighted by molar-refractivity contribution is -0.124. The summed E-state index contributed by atoms with van der Waals surface area (Å²) in [5, 5.41) is 9.27. The first-order chi connectivity index (χ1) is 11.5. The summed E-state index contributed by atoms with van der Waals surface area (Å²) < 4.78 is 13.0. The number of benzene rings is 1. The minimum Gasteiger partial charge on any atom is -0.307 e. The topological polar surface area (TPSA) is 64.4 Å². The van der Waals surface area contributed by atoms with Crippen LogP contribution in [0.15, 0.2) is 12.1 Å². The second kappa shape index (κ2) is 6.06. The zero-order valence-corrected chi connectivity index (χ0v) is 14.1. The van der Waals surface area contributed by atoms with Gasteiger partial charge in [0.2, 0.25) is 0 Å². The monoisotopic (exact) mass is 349 g/mol. The first-order valence-electron chi connectivity index (χ1n) is 7.89. The van der Waals surface area contributed by atoms with E-state index in [1.165, 1.54) is 11.0 Å². The Hall–Kier alpha value is -2.13. The maximum Gasteiger partial charge on any atom is 0.332 e. The van der Waals surface area contributed by atoms with Crippen molar-refractivity contribution in [2.45, 2.75) is 38.1 Å². The zero-order valence-electron chi connectivity index (χ0n) is 13.3. The predicted octanol–water partition coefficient (Wildman–Crippen LogP) is 3.57. The molecule has 0 bridgehead atoms. The maximum absolute atomic E-state index is 13.1. The number of urea groups is 1. The highest BCUT2D eigenvalue weighted by molar-refractivity contribution is 6.33. The van der Waals surface area contributed by atoms with E-state index in [1.807, 2.05) is 6.07 Å². The van der Waals surface area contributed by atoms with Gasteiger partial charge in [-0.3, -0.25) is 4.79 Å². The summed E-state index contributed by atoms with van der Waals surface area (Å²) in [4.78, 5) is 28.4. The van der Waals surface area contributed by atoms with Crippen LogP contribution >= 0.6 is 11.6 Å². The van der Waals surface area contributed by atoms with Gasteiger partial charge in [0, 0.05) is 0 Å². The van der Waals surface area contributed by atoms with E-state index in [2.05, 4.69) is 0 Å². The lowest BCUT2D eigenvalue weighted by atomic mass is 9.95. The maximum atomic E-state index is 13.1. The van der Waals surface area contributed by atoms with Gasteiger partial charge >= 0.3 is 6.03 Å². The minimum atomic E-state index is -0.935. The Morgan fingerprint density at radius 2 is 2.00 bits per heavy atom. The van der Waals surface area contributed by atoms with E-state index in [0.29, 0.717) is 24.1 Å². The van der Waals surface area contributed by atoms with Crippen molar-refractivity contribution in [3.8, 4) is 6.07 Å². The number of hydrogen-bond acceptors (Lipinski definition) is 3. The molecule has 3 rings (SSSR count). The van der Waals surface area contributed by atoms with Gasteiger partial charge in [-0.1, -0.05) is 24.4 Å². The van der Waals surface area contributed by atoms with Crippen LogP contribution < -0.4 is 4.90 Å². The van der Waals surface area contributed by atoms with Gasteiger partial charge < -0.3 is 4.90 Å². The molecule has 0 unspecified atom stereocenters. The Balaban J connectivity index is 2.09. The van der Waals surface area contributed by atoms with E-state index < -0.39 is 18.2 Å². The molecule has 24 heavy (non-hydrogen) atoms. The van der Waals surface area contributed by atoms with Gasteiger partial charge in [0.25, 0.3) is 5.91 Å². The number of rotatable bonds is 3. The van der Waals surface area contributed by atoms with Crippen LogP contribution in [0.3, 0.4) is 0 Å². The minimum absolute atomic E-state index is 0.0931. The average Bonchev–Trinajstić information content (AvgIpc) is 3.13. The molecule has 1 aliphatic heterocycles. The molecule has 2 aliphatic rings. The molecule has 1 aliphatic carbocycles. The summed E-state index contributed by atoms with van der Waals surface area (Å²) >= 11 is 6.18. The summed E-state index contributed by atoms with van der Waals surface area (Å²) in [6, 6.07) is 4.51. The highest BCUT2D eigenvalue weighted by Crippen LogP contribution is 2.44. The van der Waals surface area contributed by atoms with Crippen molar-refractivity contribution < 1.29 is 14.0 Å². The molecule has 0 aromatic heterocycles. The van der Waals surface area contributed by atoms with Crippen LogP contribution in [-0.2, 0) is 4.79 Å². The largest absolute Gasteiger partial charge is 0.332 e. The Bertz CT molecular complexity index is 753. The molecule has 1 heterocycles. The molecule has 5 nitrogen and oxygen atoms in total. The lowest BCUT2D eigenvalue weighted by Crippen LogP contribution is -2.48. The van der Waals surface area contributed by atoms with E-state index in [4.69, 9.17) is 16.9 Å². The molecule has 1 saturated heterocycles. The van der Waals surface area contributed by atoms with Crippen LogP contribution in [-0.4, -0.2) is 35.6 Å². The van der Waals surface area contributed by atoms with Gasteiger partial charge in [0.1, 0.15) is 18.3 Å². The molecule has 1 spiro atoms. The van der Waals surface area contributed by atoms with E-state index >= 15 is 0 Å². The molecule has 0 radical (unpaired) electrons. The number of nitrogens with zero attached hydrogens (tertiary/aromatic N) is 3. The summed E-state index contributed by atoms with van der Waals surface area (Å²) in [5.41, 5.74) is 0.207. The van der Waals surface area contributed by atoms with Crippen LogP contribution in [0.4, 0.5) is 14.9 Å². The normalized spacial score (nSPS) is 19.4. The Morgan fingerprint density at radius 1 is 1.33 bits per heavy atom. The van der Waals surface area contributed by atoms with Gasteiger partial charge in [0.15, 0.2) is 0 Å². The van der Waals surface area contributed by atoms with E-state index in [1.54, 1.807) is 13.0 Å². The highest BCUT2D eigenvalue weighted by atomic mass is 35.5. The van der Waals surface area contributed by atoms with Gasteiger partial charge in [-0.05, 0) is 37.5 Å². The van der Waals surface area contributed by atoms with Crippen LogP contribution in [0.25, 0.3) is 0 Å². The molecule has 2 fully saturated rings. The second-order valence-corrected chi connectivity index (χ2v) is 6.56. The fourth-order valence-corrected chi connectivity index (χ4v) is 3.97. The molecule has 3 amide bonds. The number of carbonyl (C=O) groups is 2. The molecule has 0 atom stereocenters. The van der Waals surface area contributed by atoms with Crippen molar-refractivity contribution >= 4 is 29.2 Å². The highest BCUT2D eigenvalue weighted by Gasteiger charge is 2.58. The summed E-state index contributed by atoms with van der Waals surface area (Å²) in [6.07, 6.45) is 2.78. The summed E-state index contributed by atoms with van der Waals surface area (Å²) in [7, 11) is 0. The smallest absolute Gasteiger partial charge is 0.307 e. The number of nitriles is 1.